The maximum atomic E-state index is 14.7. The summed E-state index contributed by atoms with van der Waals surface area (Å²) in [5, 5.41) is 0. The van der Waals surface area contributed by atoms with Crippen molar-refractivity contribution in [3.63, 3.8) is 0 Å². The molecule has 48 heavy (non-hydrogen) atoms. The number of hydrogen-bond acceptors (Lipinski definition) is 7. The van der Waals surface area contributed by atoms with Gasteiger partial charge in [0.05, 0.1) is 11.1 Å². The third-order valence-electron chi connectivity index (χ3n) is 7.47. The zero-order valence-corrected chi connectivity index (χ0v) is 27.3. The Hall–Kier alpha value is -4.25. The topological polar surface area (TPSA) is 88.1 Å². The summed E-state index contributed by atoms with van der Waals surface area (Å²) < 4.78 is 75.0. The molecule has 0 aliphatic heterocycles. The molecule has 3 aromatic rings. The van der Waals surface area contributed by atoms with Crippen LogP contribution in [-0.2, 0) is 14.3 Å². The zero-order valence-electron chi connectivity index (χ0n) is 27.3. The molecule has 3 aromatic carbocycles. The van der Waals surface area contributed by atoms with E-state index in [2.05, 4.69) is 11.7 Å². The van der Waals surface area contributed by atoms with Crippen molar-refractivity contribution in [3.8, 4) is 22.6 Å². The van der Waals surface area contributed by atoms with E-state index in [1.165, 1.54) is 37.8 Å². The van der Waals surface area contributed by atoms with E-state index in [-0.39, 0.29) is 30.3 Å². The Bertz CT molecular complexity index is 1450. The van der Waals surface area contributed by atoms with Crippen molar-refractivity contribution in [2.24, 2.45) is 0 Å². The van der Waals surface area contributed by atoms with Crippen LogP contribution in [-0.4, -0.2) is 43.4 Å². The second-order valence-electron chi connectivity index (χ2n) is 11.3. The highest BCUT2D eigenvalue weighted by atomic mass is 19.4. The van der Waals surface area contributed by atoms with Gasteiger partial charge in [0.2, 0.25) is 0 Å². The van der Waals surface area contributed by atoms with E-state index in [0.29, 0.717) is 18.8 Å². The minimum absolute atomic E-state index is 0.00745. The summed E-state index contributed by atoms with van der Waals surface area (Å²) in [6, 6.07) is 16.1. The van der Waals surface area contributed by atoms with E-state index >= 15 is 0 Å². The van der Waals surface area contributed by atoms with Crippen molar-refractivity contribution >= 4 is 17.9 Å². The fourth-order valence-corrected chi connectivity index (χ4v) is 4.81. The second-order valence-corrected chi connectivity index (χ2v) is 11.3. The van der Waals surface area contributed by atoms with Gasteiger partial charge in [-0.2, -0.15) is 13.2 Å². The number of carbonyl (C=O) groups excluding carboxylic acids is 3. The van der Waals surface area contributed by atoms with Crippen LogP contribution in [0, 0.1) is 5.82 Å². The zero-order chi connectivity index (χ0) is 34.9. The predicted octanol–water partition coefficient (Wildman–Crippen LogP) is 9.66. The minimum atomic E-state index is -4.84. The highest BCUT2D eigenvalue weighted by Gasteiger charge is 2.42. The molecule has 0 N–H and O–H groups in total. The lowest BCUT2D eigenvalue weighted by Gasteiger charge is -2.21. The van der Waals surface area contributed by atoms with Crippen LogP contribution < -0.4 is 9.47 Å². The van der Waals surface area contributed by atoms with Gasteiger partial charge in [-0.1, -0.05) is 69.7 Å². The maximum absolute atomic E-state index is 14.7. The van der Waals surface area contributed by atoms with Crippen LogP contribution in [0.5, 0.6) is 11.5 Å². The van der Waals surface area contributed by atoms with Crippen LogP contribution >= 0.6 is 0 Å². The molecule has 0 saturated heterocycles. The molecule has 0 aliphatic carbocycles. The number of halogens is 4. The third-order valence-corrected chi connectivity index (χ3v) is 7.47. The van der Waals surface area contributed by atoms with Crippen LogP contribution in [0.3, 0.4) is 0 Å². The first-order valence-electron chi connectivity index (χ1n) is 16.3. The highest BCUT2D eigenvalue weighted by molar-refractivity contribution is 5.92. The monoisotopic (exact) mass is 674 g/mol. The molecule has 7 nitrogen and oxygen atoms in total. The van der Waals surface area contributed by atoms with Crippen molar-refractivity contribution in [1.29, 1.82) is 0 Å². The molecule has 0 aliphatic rings. The summed E-state index contributed by atoms with van der Waals surface area (Å²) in [6.45, 7) is 4.27. The van der Waals surface area contributed by atoms with Crippen molar-refractivity contribution in [1.82, 2.24) is 0 Å². The van der Waals surface area contributed by atoms with Crippen molar-refractivity contribution in [3.05, 3.63) is 83.7 Å². The number of alkyl halides is 3. The number of carbonyl (C=O) groups is 3. The number of unbranched alkanes of at least 4 members (excludes halogenated alkanes) is 6. The Morgan fingerprint density at radius 3 is 1.92 bits per heavy atom. The first-order chi connectivity index (χ1) is 23.0. The van der Waals surface area contributed by atoms with Gasteiger partial charge in [0, 0.05) is 25.7 Å². The first-order valence-corrected chi connectivity index (χ1v) is 16.3. The predicted molar refractivity (Wildman–Crippen MR) is 172 cm³/mol. The molecule has 0 amide bonds. The van der Waals surface area contributed by atoms with Gasteiger partial charge in [0.1, 0.15) is 17.3 Å². The quantitative estimate of drug-likeness (QED) is 0.0542. The lowest BCUT2D eigenvalue weighted by Crippen LogP contribution is -2.34. The molecule has 1 unspecified atom stereocenters. The second kappa shape index (κ2) is 19.5. The molecule has 0 radical (unpaired) electrons. The smallest absolute Gasteiger partial charge is 0.425 e. The average molecular weight is 675 g/mol. The number of ether oxygens (including phenoxy) is 4. The molecule has 0 saturated carbocycles. The molecule has 0 heterocycles. The van der Waals surface area contributed by atoms with Gasteiger partial charge in [-0.05, 0) is 73.7 Å². The molecule has 0 fully saturated rings. The standard InChI is InChI=1S/C37H42F4O7/c1-3-5-6-7-8-9-10-13-34(42)46-29-20-18-27(19-21-29)26-14-16-28(17-15-26)35(43)47-30-22-23-31(32(38)25-30)36(44)48-33(37(39,40)41)12-11-24-45-4-2/h14-23,25,33H,3-13,24H2,1-2H3. The molecule has 0 spiro atoms. The van der Waals surface area contributed by atoms with Crippen LogP contribution in [0.2, 0.25) is 0 Å². The van der Waals surface area contributed by atoms with E-state index in [4.69, 9.17) is 14.2 Å². The van der Waals surface area contributed by atoms with E-state index in [9.17, 15) is 31.9 Å². The number of hydrogen-bond donors (Lipinski definition) is 0. The van der Waals surface area contributed by atoms with Crippen molar-refractivity contribution in [2.75, 3.05) is 13.2 Å². The SMILES string of the molecule is CCCCCCCCCC(=O)Oc1ccc(-c2ccc(C(=O)Oc3ccc(C(=O)OC(CCCOCC)C(F)(F)F)c(F)c3)cc2)cc1. The maximum Gasteiger partial charge on any atom is 0.425 e. The number of rotatable bonds is 19. The Morgan fingerprint density at radius 1 is 0.708 bits per heavy atom. The lowest BCUT2D eigenvalue weighted by molar-refractivity contribution is -0.206. The fraction of sp³-hybridized carbons (Fsp3) is 0.432. The Kier molecular flexibility index (Phi) is 15.6. The van der Waals surface area contributed by atoms with Crippen LogP contribution in [0.1, 0.15) is 98.8 Å². The van der Waals surface area contributed by atoms with Crippen LogP contribution in [0.15, 0.2) is 66.7 Å². The summed E-state index contributed by atoms with van der Waals surface area (Å²) in [6.07, 6.45) is 0.358. The molecule has 0 bridgehead atoms. The summed E-state index contributed by atoms with van der Waals surface area (Å²) >= 11 is 0. The van der Waals surface area contributed by atoms with E-state index in [1.807, 2.05) is 0 Å². The van der Waals surface area contributed by atoms with Gasteiger partial charge in [0.15, 0.2) is 6.10 Å². The molecule has 1 atom stereocenters. The van der Waals surface area contributed by atoms with E-state index in [1.54, 1.807) is 43.3 Å². The summed E-state index contributed by atoms with van der Waals surface area (Å²) in [7, 11) is 0. The summed E-state index contributed by atoms with van der Waals surface area (Å²) in [4.78, 5) is 37.2. The van der Waals surface area contributed by atoms with Crippen LogP contribution in [0.4, 0.5) is 17.6 Å². The summed E-state index contributed by atoms with van der Waals surface area (Å²) in [5.41, 5.74) is 1.01. The number of esters is 3. The first kappa shape index (κ1) is 38.2. The van der Waals surface area contributed by atoms with E-state index in [0.717, 1.165) is 48.6 Å². The van der Waals surface area contributed by atoms with Gasteiger partial charge in [-0.25, -0.2) is 14.0 Å². The minimum Gasteiger partial charge on any atom is -0.449 e. The van der Waals surface area contributed by atoms with Gasteiger partial charge in [0.25, 0.3) is 0 Å². The molecule has 3 rings (SSSR count). The average Bonchev–Trinajstić information content (AvgIpc) is 3.05. The van der Waals surface area contributed by atoms with Gasteiger partial charge < -0.3 is 18.9 Å². The molecule has 260 valence electrons. The van der Waals surface area contributed by atoms with Crippen molar-refractivity contribution in [2.45, 2.75) is 90.3 Å². The Morgan fingerprint density at radius 2 is 1.31 bits per heavy atom. The molecular formula is C37H42F4O7. The van der Waals surface area contributed by atoms with Gasteiger partial charge >= 0.3 is 24.1 Å². The normalized spacial score (nSPS) is 12.0. The largest absolute Gasteiger partial charge is 0.449 e. The summed E-state index contributed by atoms with van der Waals surface area (Å²) in [5.74, 6) is -3.59. The lowest BCUT2D eigenvalue weighted by atomic mass is 10.0. The van der Waals surface area contributed by atoms with E-state index < -0.39 is 42.0 Å². The van der Waals surface area contributed by atoms with Crippen molar-refractivity contribution < 1.29 is 50.9 Å². The van der Waals surface area contributed by atoms with Gasteiger partial charge in [-0.3, -0.25) is 4.79 Å². The molecule has 0 aromatic heterocycles. The number of benzene rings is 3. The Labute approximate surface area is 278 Å². The third kappa shape index (κ3) is 12.7. The van der Waals surface area contributed by atoms with Gasteiger partial charge in [-0.15, -0.1) is 0 Å². The highest BCUT2D eigenvalue weighted by Crippen LogP contribution is 2.29. The Balaban J connectivity index is 1.51. The van der Waals surface area contributed by atoms with Crippen LogP contribution in [0.25, 0.3) is 11.1 Å². The molecular weight excluding hydrogens is 632 g/mol. The molecule has 11 heteroatoms. The fourth-order valence-electron chi connectivity index (χ4n) is 4.81.